The maximum Gasteiger partial charge on any atom is 0.418 e. The normalized spacial score (nSPS) is 20.1. The average Bonchev–Trinajstić information content (AvgIpc) is 3.18. The Kier molecular flexibility index (Phi) is 6.15. The van der Waals surface area contributed by atoms with E-state index in [1.807, 2.05) is 31.2 Å². The molecule has 2 saturated heterocycles. The van der Waals surface area contributed by atoms with Crippen molar-refractivity contribution in [3.05, 3.63) is 65.4 Å². The van der Waals surface area contributed by atoms with Crippen molar-refractivity contribution in [3.63, 3.8) is 0 Å². The van der Waals surface area contributed by atoms with Gasteiger partial charge in [-0.2, -0.15) is 13.2 Å². The van der Waals surface area contributed by atoms with E-state index >= 15 is 0 Å². The zero-order valence-electron chi connectivity index (χ0n) is 19.5. The molecule has 0 saturated carbocycles. The first-order chi connectivity index (χ1) is 17.2. The lowest BCUT2D eigenvalue weighted by molar-refractivity contribution is -0.137. The molecule has 2 atom stereocenters. The number of carbonyl (C=O) groups excluding carboxylic acids is 1. The number of hydrogen-bond acceptors (Lipinski definition) is 5. The number of urea groups is 1. The number of halogens is 4. The third kappa shape index (κ3) is 4.30. The number of rotatable bonds is 4. The van der Waals surface area contributed by atoms with E-state index in [-0.39, 0.29) is 29.3 Å². The molecule has 2 amide bonds. The fourth-order valence-corrected chi connectivity index (χ4v) is 5.04. The van der Waals surface area contributed by atoms with Crippen molar-refractivity contribution in [2.75, 3.05) is 36.5 Å². The van der Waals surface area contributed by atoms with Crippen LogP contribution in [0.1, 0.15) is 12.5 Å². The third-order valence-corrected chi connectivity index (χ3v) is 6.82. The Labute approximate surface area is 211 Å². The zero-order valence-corrected chi connectivity index (χ0v) is 20.3. The summed E-state index contributed by atoms with van der Waals surface area (Å²) in [4.78, 5) is 26.9. The summed E-state index contributed by atoms with van der Waals surface area (Å²) >= 11 is 5.82. The van der Waals surface area contributed by atoms with Gasteiger partial charge in [0, 0.05) is 36.9 Å². The molecule has 188 valence electrons. The number of hydrogen-bond donors (Lipinski definition) is 0. The number of ether oxygens (including phenoxy) is 1. The molecular weight excluding hydrogens is 495 g/mol. The minimum Gasteiger partial charge on any atom is -0.481 e. The lowest BCUT2D eigenvalue weighted by atomic mass is 10.1. The van der Waals surface area contributed by atoms with E-state index in [2.05, 4.69) is 14.9 Å². The van der Waals surface area contributed by atoms with Crippen molar-refractivity contribution in [2.45, 2.75) is 25.2 Å². The number of anilines is 2. The first-order valence-electron chi connectivity index (χ1n) is 11.3. The Morgan fingerprint density at radius 3 is 2.56 bits per heavy atom. The number of fused-ring (bicyclic) bond motifs is 1. The van der Waals surface area contributed by atoms with Gasteiger partial charge >= 0.3 is 12.2 Å². The molecule has 36 heavy (non-hydrogen) atoms. The monoisotopic (exact) mass is 517 g/mol. The van der Waals surface area contributed by atoms with Gasteiger partial charge in [-0.25, -0.2) is 9.78 Å². The molecule has 7 nitrogen and oxygen atoms in total. The predicted octanol–water partition coefficient (Wildman–Crippen LogP) is 5.34. The molecule has 1 aromatic carbocycles. The van der Waals surface area contributed by atoms with Gasteiger partial charge in [0.2, 0.25) is 5.88 Å². The summed E-state index contributed by atoms with van der Waals surface area (Å²) in [5.74, 6) is 0.477. The second-order valence-electron chi connectivity index (χ2n) is 8.82. The van der Waals surface area contributed by atoms with E-state index in [0.29, 0.717) is 24.7 Å². The van der Waals surface area contributed by atoms with Gasteiger partial charge < -0.3 is 14.5 Å². The van der Waals surface area contributed by atoms with E-state index in [9.17, 15) is 18.0 Å². The second kappa shape index (κ2) is 9.16. The fourth-order valence-electron chi connectivity index (χ4n) is 4.87. The summed E-state index contributed by atoms with van der Waals surface area (Å²) in [6, 6.07) is 10.2. The number of pyridine rings is 2. The van der Waals surface area contributed by atoms with Crippen molar-refractivity contribution in [2.24, 2.45) is 0 Å². The standard InChI is InChI=1S/C25H23ClF3N5O2/c1-15-12-33-18(14-34(24(33)35)22-8-5-16(26)10-20(22)25(27,28)29)13-32(15)17-6-7-21(31-11-17)19-4-3-9-30-23(19)36-2/h3-11,15,18H,12-14H2,1-2H3/t15-,18+/m1/s1. The summed E-state index contributed by atoms with van der Waals surface area (Å²) in [7, 11) is 1.55. The van der Waals surface area contributed by atoms with Crippen molar-refractivity contribution in [3.8, 4) is 17.1 Å². The summed E-state index contributed by atoms with van der Waals surface area (Å²) in [5.41, 5.74) is 1.24. The summed E-state index contributed by atoms with van der Waals surface area (Å²) < 4.78 is 46.4. The molecule has 2 fully saturated rings. The second-order valence-corrected chi connectivity index (χ2v) is 9.26. The van der Waals surface area contributed by atoms with Gasteiger partial charge in [0.15, 0.2) is 0 Å². The van der Waals surface area contributed by atoms with E-state index in [1.165, 1.54) is 17.0 Å². The zero-order chi connectivity index (χ0) is 25.6. The van der Waals surface area contributed by atoms with Crippen LogP contribution in [0.25, 0.3) is 11.3 Å². The Balaban J connectivity index is 1.38. The van der Waals surface area contributed by atoms with Crippen LogP contribution in [0, 0.1) is 0 Å². The van der Waals surface area contributed by atoms with Crippen molar-refractivity contribution in [1.82, 2.24) is 14.9 Å². The first kappa shape index (κ1) is 24.2. The summed E-state index contributed by atoms with van der Waals surface area (Å²) in [6.45, 7) is 2.97. The van der Waals surface area contributed by atoms with Gasteiger partial charge in [0.25, 0.3) is 0 Å². The average molecular weight is 518 g/mol. The molecule has 0 unspecified atom stereocenters. The number of benzene rings is 1. The van der Waals surface area contributed by atoms with Gasteiger partial charge in [-0.1, -0.05) is 11.6 Å². The van der Waals surface area contributed by atoms with E-state index < -0.39 is 17.8 Å². The summed E-state index contributed by atoms with van der Waals surface area (Å²) in [6.07, 6.45) is -1.23. The highest BCUT2D eigenvalue weighted by Gasteiger charge is 2.46. The van der Waals surface area contributed by atoms with Crippen LogP contribution in [0.3, 0.4) is 0 Å². The van der Waals surface area contributed by atoms with E-state index in [0.717, 1.165) is 17.3 Å². The van der Waals surface area contributed by atoms with Crippen molar-refractivity contribution < 1.29 is 22.7 Å². The van der Waals surface area contributed by atoms with Crippen LogP contribution in [0.4, 0.5) is 29.3 Å². The number of carbonyl (C=O) groups is 1. The van der Waals surface area contributed by atoms with Crippen molar-refractivity contribution >= 4 is 29.0 Å². The topological polar surface area (TPSA) is 61.8 Å². The SMILES string of the molecule is COc1ncccc1-c1ccc(N2C[C@H]3CN(c4ccc(Cl)cc4C(F)(F)F)C(=O)N3C[C@H]2C)cn1. The van der Waals surface area contributed by atoms with Crippen LogP contribution < -0.4 is 14.5 Å². The number of aromatic nitrogens is 2. The maximum absolute atomic E-state index is 13.7. The van der Waals surface area contributed by atoms with Crippen LogP contribution in [0.5, 0.6) is 5.88 Å². The number of nitrogens with zero attached hydrogens (tertiary/aromatic N) is 5. The highest BCUT2D eigenvalue weighted by Crippen LogP contribution is 2.40. The van der Waals surface area contributed by atoms with Gasteiger partial charge in [0.05, 0.1) is 47.5 Å². The first-order valence-corrected chi connectivity index (χ1v) is 11.7. The smallest absolute Gasteiger partial charge is 0.418 e. The molecule has 2 aliphatic heterocycles. The van der Waals surface area contributed by atoms with Gasteiger partial charge in [-0.15, -0.1) is 0 Å². The van der Waals surface area contributed by atoms with Gasteiger partial charge in [-0.05, 0) is 49.4 Å². The molecule has 2 aromatic heterocycles. The highest BCUT2D eigenvalue weighted by atomic mass is 35.5. The molecule has 0 radical (unpaired) electrons. The molecule has 0 spiro atoms. The minimum absolute atomic E-state index is 0.0323. The van der Waals surface area contributed by atoms with Gasteiger partial charge in [0.1, 0.15) is 0 Å². The summed E-state index contributed by atoms with van der Waals surface area (Å²) in [5, 5.41) is -0.0323. The third-order valence-electron chi connectivity index (χ3n) is 6.59. The largest absolute Gasteiger partial charge is 0.481 e. The Morgan fingerprint density at radius 2 is 1.86 bits per heavy atom. The molecule has 11 heteroatoms. The van der Waals surface area contributed by atoms with Crippen molar-refractivity contribution in [1.29, 1.82) is 0 Å². The maximum atomic E-state index is 13.7. The quantitative estimate of drug-likeness (QED) is 0.467. The number of methoxy groups -OCH3 is 1. The Morgan fingerprint density at radius 1 is 1.06 bits per heavy atom. The molecule has 0 aliphatic carbocycles. The molecule has 2 aliphatic rings. The highest BCUT2D eigenvalue weighted by molar-refractivity contribution is 6.30. The van der Waals surface area contributed by atoms with Crippen LogP contribution in [0.15, 0.2) is 54.9 Å². The molecule has 3 aromatic rings. The van der Waals surface area contributed by atoms with Crippen LogP contribution in [0.2, 0.25) is 5.02 Å². The molecule has 0 bridgehead atoms. The number of piperazine rings is 1. The molecular formula is C25H23ClF3N5O2. The fraction of sp³-hybridized carbons (Fsp3) is 0.320. The predicted molar refractivity (Wildman–Crippen MR) is 131 cm³/mol. The molecule has 0 N–H and O–H groups in total. The van der Waals surface area contributed by atoms with E-state index in [4.69, 9.17) is 16.3 Å². The molecule has 5 rings (SSSR count). The molecule has 4 heterocycles. The van der Waals surface area contributed by atoms with Crippen LogP contribution in [-0.2, 0) is 6.18 Å². The van der Waals surface area contributed by atoms with Crippen LogP contribution in [-0.4, -0.2) is 59.7 Å². The Hall–Kier alpha value is -3.53. The number of amides is 2. The van der Waals surface area contributed by atoms with Gasteiger partial charge in [-0.3, -0.25) is 9.88 Å². The number of alkyl halides is 3. The lowest BCUT2D eigenvalue weighted by Crippen LogP contribution is -2.56. The minimum atomic E-state index is -4.63. The van der Waals surface area contributed by atoms with E-state index in [1.54, 1.807) is 24.4 Å². The lowest BCUT2D eigenvalue weighted by Gasteiger charge is -2.42. The van der Waals surface area contributed by atoms with Crippen LogP contribution >= 0.6 is 11.6 Å². The Bertz CT molecular complexity index is 1290.